The number of hydrogen-bond acceptors (Lipinski definition) is 2. The fraction of sp³-hybridized carbons (Fsp3) is 0.667. The van der Waals surface area contributed by atoms with E-state index in [-0.39, 0.29) is 0 Å². The van der Waals surface area contributed by atoms with Crippen molar-refractivity contribution in [3.8, 4) is 0 Å². The summed E-state index contributed by atoms with van der Waals surface area (Å²) in [6.07, 6.45) is 5.62. The van der Waals surface area contributed by atoms with E-state index in [9.17, 15) is 0 Å². The molecule has 0 fully saturated rings. The molecular formula is C18H31NO. The lowest BCUT2D eigenvalue weighted by molar-refractivity contribution is 0.282. The molecule has 0 amide bonds. The van der Waals surface area contributed by atoms with Gasteiger partial charge in [0.2, 0.25) is 0 Å². The molecule has 2 N–H and O–H groups in total. The smallest absolute Gasteiger partial charge is 0.0431 e. The molecule has 1 rings (SSSR count). The van der Waals surface area contributed by atoms with Gasteiger partial charge in [-0.05, 0) is 49.8 Å². The molecular weight excluding hydrogens is 246 g/mol. The van der Waals surface area contributed by atoms with Crippen molar-refractivity contribution in [3.63, 3.8) is 0 Å². The number of aliphatic hydroxyl groups excluding tert-OH is 1. The molecule has 20 heavy (non-hydrogen) atoms. The van der Waals surface area contributed by atoms with Gasteiger partial charge in [-0.15, -0.1) is 0 Å². The molecule has 1 aromatic rings. The lowest BCUT2D eigenvalue weighted by atomic mass is 10.00. The van der Waals surface area contributed by atoms with E-state index >= 15 is 0 Å². The van der Waals surface area contributed by atoms with Crippen molar-refractivity contribution in [2.45, 2.75) is 58.9 Å². The van der Waals surface area contributed by atoms with Crippen molar-refractivity contribution < 1.29 is 5.11 Å². The Kier molecular flexibility index (Phi) is 8.56. The normalized spacial score (nSPS) is 12.8. The molecule has 0 saturated carbocycles. The molecule has 0 aromatic heterocycles. The molecule has 0 saturated heterocycles. The minimum Gasteiger partial charge on any atom is -0.396 e. The largest absolute Gasteiger partial charge is 0.396 e. The number of rotatable bonds is 10. The highest BCUT2D eigenvalue weighted by Crippen LogP contribution is 2.15. The molecule has 0 spiro atoms. The van der Waals surface area contributed by atoms with Crippen molar-refractivity contribution in [1.82, 2.24) is 5.32 Å². The van der Waals surface area contributed by atoms with Gasteiger partial charge >= 0.3 is 0 Å². The van der Waals surface area contributed by atoms with Crippen molar-refractivity contribution in [1.29, 1.82) is 0 Å². The zero-order chi connectivity index (χ0) is 14.8. The van der Waals surface area contributed by atoms with Gasteiger partial charge in [-0.1, -0.05) is 51.0 Å². The molecule has 0 aliphatic rings. The first-order chi connectivity index (χ1) is 9.63. The second-order valence-electron chi connectivity index (χ2n) is 6.15. The molecule has 1 aromatic carbocycles. The number of benzene rings is 1. The molecule has 1 atom stereocenters. The van der Waals surface area contributed by atoms with Gasteiger partial charge in [0, 0.05) is 12.6 Å². The van der Waals surface area contributed by atoms with Crippen LogP contribution in [0.2, 0.25) is 0 Å². The highest BCUT2D eigenvalue weighted by atomic mass is 16.2. The minimum absolute atomic E-state index is 0.326. The SMILES string of the molecule is CC(C)Cc1ccc(C(C)NCCCCCCO)cc1. The second kappa shape index (κ2) is 9.95. The van der Waals surface area contributed by atoms with Crippen LogP contribution in [0.15, 0.2) is 24.3 Å². The second-order valence-corrected chi connectivity index (χ2v) is 6.15. The number of hydrogen-bond donors (Lipinski definition) is 2. The van der Waals surface area contributed by atoms with Crippen LogP contribution in [0.3, 0.4) is 0 Å². The Balaban J connectivity index is 2.27. The number of nitrogens with one attached hydrogen (secondary N) is 1. The molecule has 0 aliphatic carbocycles. The van der Waals surface area contributed by atoms with Crippen LogP contribution in [0.1, 0.15) is 63.6 Å². The highest BCUT2D eigenvalue weighted by Gasteiger charge is 2.05. The van der Waals surface area contributed by atoms with Crippen LogP contribution in [-0.4, -0.2) is 18.3 Å². The van der Waals surface area contributed by atoms with E-state index in [4.69, 9.17) is 5.11 Å². The van der Waals surface area contributed by atoms with Crippen LogP contribution in [0.25, 0.3) is 0 Å². The van der Waals surface area contributed by atoms with Gasteiger partial charge in [-0.25, -0.2) is 0 Å². The Morgan fingerprint density at radius 3 is 2.20 bits per heavy atom. The zero-order valence-corrected chi connectivity index (χ0v) is 13.4. The van der Waals surface area contributed by atoms with Crippen molar-refractivity contribution in [3.05, 3.63) is 35.4 Å². The maximum Gasteiger partial charge on any atom is 0.0431 e. The Labute approximate surface area is 124 Å². The predicted molar refractivity (Wildman–Crippen MR) is 87.0 cm³/mol. The molecule has 114 valence electrons. The van der Waals surface area contributed by atoms with Gasteiger partial charge < -0.3 is 10.4 Å². The van der Waals surface area contributed by atoms with Gasteiger partial charge in [-0.3, -0.25) is 0 Å². The number of unbranched alkanes of at least 4 members (excludes halogenated alkanes) is 3. The molecule has 0 radical (unpaired) electrons. The highest BCUT2D eigenvalue weighted by molar-refractivity contribution is 5.25. The quantitative estimate of drug-likeness (QED) is 0.631. The van der Waals surface area contributed by atoms with Crippen LogP contribution in [0.4, 0.5) is 0 Å². The topological polar surface area (TPSA) is 32.3 Å². The van der Waals surface area contributed by atoms with Gasteiger partial charge in [0.05, 0.1) is 0 Å². The summed E-state index contributed by atoms with van der Waals surface area (Å²) in [7, 11) is 0. The maximum absolute atomic E-state index is 8.72. The monoisotopic (exact) mass is 277 g/mol. The summed E-state index contributed by atoms with van der Waals surface area (Å²) in [5.41, 5.74) is 2.80. The van der Waals surface area contributed by atoms with Crippen LogP contribution in [-0.2, 0) is 6.42 Å². The standard InChI is InChI=1S/C18H31NO/c1-15(2)14-17-8-10-18(11-9-17)16(3)19-12-6-4-5-7-13-20/h8-11,15-16,19-20H,4-7,12-14H2,1-3H3. The average Bonchev–Trinajstić information content (AvgIpc) is 2.42. The van der Waals surface area contributed by atoms with Crippen LogP contribution < -0.4 is 5.32 Å². The summed E-state index contributed by atoms with van der Waals surface area (Å²) in [4.78, 5) is 0. The van der Waals surface area contributed by atoms with Crippen molar-refractivity contribution in [2.24, 2.45) is 5.92 Å². The molecule has 2 heteroatoms. The Morgan fingerprint density at radius 2 is 1.60 bits per heavy atom. The van der Waals surface area contributed by atoms with Gasteiger partial charge in [-0.2, -0.15) is 0 Å². The van der Waals surface area contributed by atoms with Gasteiger partial charge in [0.1, 0.15) is 0 Å². The maximum atomic E-state index is 8.72. The summed E-state index contributed by atoms with van der Waals surface area (Å²) < 4.78 is 0. The van der Waals surface area contributed by atoms with Crippen LogP contribution in [0, 0.1) is 5.92 Å². The Morgan fingerprint density at radius 1 is 0.950 bits per heavy atom. The Hall–Kier alpha value is -0.860. The summed E-state index contributed by atoms with van der Waals surface area (Å²) in [6.45, 7) is 8.13. The van der Waals surface area contributed by atoms with E-state index in [1.54, 1.807) is 0 Å². The molecule has 0 heterocycles. The lowest BCUT2D eigenvalue weighted by Crippen LogP contribution is -2.19. The Bertz CT molecular complexity index is 345. The molecule has 0 bridgehead atoms. The molecule has 1 unspecified atom stereocenters. The fourth-order valence-electron chi connectivity index (χ4n) is 2.44. The zero-order valence-electron chi connectivity index (χ0n) is 13.4. The molecule has 2 nitrogen and oxygen atoms in total. The van der Waals surface area contributed by atoms with Gasteiger partial charge in [0.15, 0.2) is 0 Å². The first kappa shape index (κ1) is 17.2. The van der Waals surface area contributed by atoms with E-state index in [0.717, 1.165) is 31.7 Å². The molecule has 0 aliphatic heterocycles. The minimum atomic E-state index is 0.326. The summed E-state index contributed by atoms with van der Waals surface area (Å²) >= 11 is 0. The van der Waals surface area contributed by atoms with Crippen molar-refractivity contribution >= 4 is 0 Å². The first-order valence-corrected chi connectivity index (χ1v) is 8.06. The van der Waals surface area contributed by atoms with E-state index < -0.39 is 0 Å². The van der Waals surface area contributed by atoms with E-state index in [2.05, 4.69) is 50.4 Å². The third-order valence-electron chi connectivity index (χ3n) is 3.66. The summed E-state index contributed by atoms with van der Waals surface area (Å²) in [6, 6.07) is 9.44. The van der Waals surface area contributed by atoms with E-state index in [1.807, 2.05) is 0 Å². The predicted octanol–water partition coefficient (Wildman–Crippen LogP) is 4.09. The van der Waals surface area contributed by atoms with E-state index in [1.165, 1.54) is 24.0 Å². The lowest BCUT2D eigenvalue weighted by Gasteiger charge is -2.15. The van der Waals surface area contributed by atoms with Crippen LogP contribution in [0.5, 0.6) is 0 Å². The summed E-state index contributed by atoms with van der Waals surface area (Å²) in [5, 5.41) is 12.3. The third-order valence-corrected chi connectivity index (χ3v) is 3.66. The third kappa shape index (κ3) is 7.06. The summed E-state index contributed by atoms with van der Waals surface area (Å²) in [5.74, 6) is 0.718. The van der Waals surface area contributed by atoms with Gasteiger partial charge in [0.25, 0.3) is 0 Å². The number of aliphatic hydroxyl groups is 1. The fourth-order valence-corrected chi connectivity index (χ4v) is 2.44. The first-order valence-electron chi connectivity index (χ1n) is 8.06. The van der Waals surface area contributed by atoms with Crippen LogP contribution >= 0.6 is 0 Å². The van der Waals surface area contributed by atoms with Crippen molar-refractivity contribution in [2.75, 3.05) is 13.2 Å². The van der Waals surface area contributed by atoms with E-state index in [0.29, 0.717) is 12.6 Å². The average molecular weight is 277 g/mol.